The van der Waals surface area contributed by atoms with E-state index >= 15 is 0 Å². The molecule has 0 unspecified atom stereocenters. The number of ether oxygens (including phenoxy) is 2. The topological polar surface area (TPSA) is 87.9 Å². The van der Waals surface area contributed by atoms with Crippen LogP contribution in [0.25, 0.3) is 20.7 Å². The summed E-state index contributed by atoms with van der Waals surface area (Å²) in [6.07, 6.45) is 2.80. The predicted molar refractivity (Wildman–Crippen MR) is 114 cm³/mol. The van der Waals surface area contributed by atoms with Gasteiger partial charge in [0.15, 0.2) is 0 Å². The van der Waals surface area contributed by atoms with E-state index in [0.29, 0.717) is 25.9 Å². The van der Waals surface area contributed by atoms with Crippen LogP contribution >= 0.6 is 11.3 Å². The number of hydrogen-bond acceptors (Lipinski definition) is 8. The fourth-order valence-corrected chi connectivity index (χ4v) is 4.70. The Bertz CT molecular complexity index is 952. The van der Waals surface area contributed by atoms with E-state index in [1.807, 2.05) is 24.3 Å². The molecule has 0 bridgehead atoms. The monoisotopic (exact) mass is 415 g/mol. The molecule has 4 rings (SSSR count). The molecule has 0 amide bonds. The van der Waals surface area contributed by atoms with Crippen LogP contribution in [-0.2, 0) is 4.74 Å². The van der Waals surface area contributed by atoms with E-state index < -0.39 is 5.60 Å². The fourth-order valence-electron chi connectivity index (χ4n) is 3.57. The molecule has 1 saturated heterocycles. The Kier molecular flexibility index (Phi) is 5.96. The van der Waals surface area contributed by atoms with Gasteiger partial charge in [0.1, 0.15) is 17.9 Å². The van der Waals surface area contributed by atoms with Crippen LogP contribution in [-0.4, -0.2) is 65.8 Å². The van der Waals surface area contributed by atoms with Crippen molar-refractivity contribution in [3.05, 3.63) is 36.7 Å². The number of rotatable bonds is 7. The highest BCUT2D eigenvalue weighted by Gasteiger charge is 2.33. The SMILES string of the molecule is COc1ccc(-c2cc3ncnc(N4CCC(O)(COCCO)CC4)c3s2)cc1. The van der Waals surface area contributed by atoms with Crippen molar-refractivity contribution >= 4 is 27.4 Å². The number of anilines is 1. The highest BCUT2D eigenvalue weighted by molar-refractivity contribution is 7.22. The van der Waals surface area contributed by atoms with Crippen LogP contribution in [0.2, 0.25) is 0 Å². The van der Waals surface area contributed by atoms with E-state index in [1.54, 1.807) is 24.8 Å². The maximum Gasteiger partial charge on any atom is 0.150 e. The normalized spacial score (nSPS) is 16.3. The lowest BCUT2D eigenvalue weighted by Crippen LogP contribution is -2.47. The van der Waals surface area contributed by atoms with Gasteiger partial charge in [-0.05, 0) is 48.7 Å². The molecule has 0 spiro atoms. The number of benzene rings is 1. The Morgan fingerprint density at radius 3 is 2.62 bits per heavy atom. The Balaban J connectivity index is 1.53. The van der Waals surface area contributed by atoms with Crippen molar-refractivity contribution in [3.8, 4) is 16.2 Å². The molecule has 7 nitrogen and oxygen atoms in total. The summed E-state index contributed by atoms with van der Waals surface area (Å²) in [6.45, 7) is 1.86. The minimum atomic E-state index is -0.846. The molecule has 1 aliphatic rings. The Morgan fingerprint density at radius 2 is 1.93 bits per heavy atom. The summed E-state index contributed by atoms with van der Waals surface area (Å²) < 4.78 is 11.7. The van der Waals surface area contributed by atoms with Gasteiger partial charge in [-0.2, -0.15) is 0 Å². The van der Waals surface area contributed by atoms with Crippen LogP contribution in [0.5, 0.6) is 5.75 Å². The lowest BCUT2D eigenvalue weighted by atomic mass is 9.92. The van der Waals surface area contributed by atoms with Gasteiger partial charge in [-0.1, -0.05) is 0 Å². The zero-order chi connectivity index (χ0) is 20.3. The third kappa shape index (κ3) is 4.35. The van der Waals surface area contributed by atoms with Crippen molar-refractivity contribution in [3.63, 3.8) is 0 Å². The zero-order valence-electron chi connectivity index (χ0n) is 16.4. The van der Waals surface area contributed by atoms with Crippen LogP contribution in [0, 0.1) is 0 Å². The number of aliphatic hydroxyl groups is 2. The molecule has 1 fully saturated rings. The van der Waals surface area contributed by atoms with Crippen LogP contribution < -0.4 is 9.64 Å². The first-order valence-electron chi connectivity index (χ1n) is 9.67. The summed E-state index contributed by atoms with van der Waals surface area (Å²) >= 11 is 1.68. The number of aliphatic hydroxyl groups excluding tert-OH is 1. The van der Waals surface area contributed by atoms with Gasteiger partial charge >= 0.3 is 0 Å². The van der Waals surface area contributed by atoms with Crippen molar-refractivity contribution in [2.75, 3.05) is 44.9 Å². The minimum Gasteiger partial charge on any atom is -0.497 e. The van der Waals surface area contributed by atoms with Gasteiger partial charge in [0, 0.05) is 18.0 Å². The number of nitrogens with zero attached hydrogens (tertiary/aromatic N) is 3. The summed E-state index contributed by atoms with van der Waals surface area (Å²) in [5.74, 6) is 1.75. The Labute approximate surface area is 173 Å². The molecule has 0 aliphatic carbocycles. The first-order valence-corrected chi connectivity index (χ1v) is 10.5. The van der Waals surface area contributed by atoms with Crippen LogP contribution in [0.4, 0.5) is 5.82 Å². The summed E-state index contributed by atoms with van der Waals surface area (Å²) in [4.78, 5) is 12.3. The summed E-state index contributed by atoms with van der Waals surface area (Å²) in [7, 11) is 1.66. The van der Waals surface area contributed by atoms with E-state index in [2.05, 4.69) is 20.9 Å². The lowest BCUT2D eigenvalue weighted by Gasteiger charge is -2.38. The summed E-state index contributed by atoms with van der Waals surface area (Å²) in [5.41, 5.74) is 1.20. The van der Waals surface area contributed by atoms with Gasteiger partial charge in [-0.15, -0.1) is 11.3 Å². The van der Waals surface area contributed by atoms with E-state index in [-0.39, 0.29) is 19.8 Å². The molecule has 0 saturated carbocycles. The van der Waals surface area contributed by atoms with Crippen molar-refractivity contribution in [2.45, 2.75) is 18.4 Å². The number of aromatic nitrogens is 2. The van der Waals surface area contributed by atoms with Crippen LogP contribution in [0.1, 0.15) is 12.8 Å². The average Bonchev–Trinajstić information content (AvgIpc) is 3.19. The standard InChI is InChI=1S/C21H25N3O4S/c1-27-16-4-2-15(3-5-16)18-12-17-19(29-18)20(23-14-22-17)24-8-6-21(26,7-9-24)13-28-11-10-25/h2-5,12,14,25-26H,6-11,13H2,1H3. The minimum absolute atomic E-state index is 0.0317. The van der Waals surface area contributed by atoms with Gasteiger partial charge in [0.05, 0.1) is 42.7 Å². The molecule has 1 aromatic carbocycles. The van der Waals surface area contributed by atoms with Gasteiger partial charge in [0.2, 0.25) is 0 Å². The Hall–Kier alpha value is -2.26. The molecule has 154 valence electrons. The first kappa shape index (κ1) is 20.0. The van der Waals surface area contributed by atoms with Crippen molar-refractivity contribution < 1.29 is 19.7 Å². The quantitative estimate of drug-likeness (QED) is 0.574. The molecule has 8 heteroatoms. The van der Waals surface area contributed by atoms with Crippen LogP contribution in [0.15, 0.2) is 36.7 Å². The highest BCUT2D eigenvalue weighted by atomic mass is 32.1. The smallest absolute Gasteiger partial charge is 0.150 e. The van der Waals surface area contributed by atoms with Crippen molar-refractivity contribution in [2.24, 2.45) is 0 Å². The molecule has 1 aliphatic heterocycles. The lowest BCUT2D eigenvalue weighted by molar-refractivity contribution is -0.0658. The molecular formula is C21H25N3O4S. The molecule has 2 aromatic heterocycles. The third-order valence-corrected chi connectivity index (χ3v) is 6.44. The molecule has 0 atom stereocenters. The zero-order valence-corrected chi connectivity index (χ0v) is 17.2. The maximum absolute atomic E-state index is 10.7. The molecule has 2 N–H and O–H groups in total. The second-order valence-corrected chi connectivity index (χ2v) is 8.29. The number of fused-ring (bicyclic) bond motifs is 1. The first-order chi connectivity index (χ1) is 14.1. The summed E-state index contributed by atoms with van der Waals surface area (Å²) in [6, 6.07) is 10.1. The molecule has 29 heavy (non-hydrogen) atoms. The number of piperidine rings is 1. The molecular weight excluding hydrogens is 390 g/mol. The van der Waals surface area contributed by atoms with Gasteiger partial charge < -0.3 is 24.6 Å². The van der Waals surface area contributed by atoms with Crippen LogP contribution in [0.3, 0.4) is 0 Å². The molecule has 3 heterocycles. The second kappa shape index (κ2) is 8.62. The van der Waals surface area contributed by atoms with E-state index in [4.69, 9.17) is 14.6 Å². The highest BCUT2D eigenvalue weighted by Crippen LogP contribution is 2.38. The van der Waals surface area contributed by atoms with E-state index in [0.717, 1.165) is 32.2 Å². The third-order valence-electron chi connectivity index (χ3n) is 5.27. The second-order valence-electron chi connectivity index (χ2n) is 7.24. The van der Waals surface area contributed by atoms with E-state index in [9.17, 15) is 5.11 Å². The average molecular weight is 416 g/mol. The molecule has 3 aromatic rings. The van der Waals surface area contributed by atoms with Crippen molar-refractivity contribution in [1.82, 2.24) is 9.97 Å². The largest absolute Gasteiger partial charge is 0.497 e. The number of thiophene rings is 1. The maximum atomic E-state index is 10.7. The molecule has 0 radical (unpaired) electrons. The fraction of sp³-hybridized carbons (Fsp3) is 0.429. The van der Waals surface area contributed by atoms with Crippen molar-refractivity contribution in [1.29, 1.82) is 0 Å². The predicted octanol–water partition coefficient (Wildman–Crippen LogP) is 2.71. The van der Waals surface area contributed by atoms with Gasteiger partial charge in [0.25, 0.3) is 0 Å². The number of methoxy groups -OCH3 is 1. The number of hydrogen-bond donors (Lipinski definition) is 2. The summed E-state index contributed by atoms with van der Waals surface area (Å²) in [5, 5.41) is 19.5. The van der Waals surface area contributed by atoms with E-state index in [1.165, 1.54) is 0 Å². The van der Waals surface area contributed by atoms with Gasteiger partial charge in [-0.25, -0.2) is 9.97 Å². The Morgan fingerprint density at radius 1 is 1.17 bits per heavy atom. The van der Waals surface area contributed by atoms with Gasteiger partial charge in [-0.3, -0.25) is 0 Å².